The van der Waals surface area contributed by atoms with Crippen molar-refractivity contribution in [1.29, 1.82) is 0 Å². The van der Waals surface area contributed by atoms with E-state index in [1.54, 1.807) is 53.1 Å². The van der Waals surface area contributed by atoms with Crippen LogP contribution in [-0.4, -0.2) is 46.2 Å². The Morgan fingerprint density at radius 2 is 1.92 bits per heavy atom. The minimum Gasteiger partial charge on any atom is -0.349 e. The molecule has 1 N–H and O–H groups in total. The summed E-state index contributed by atoms with van der Waals surface area (Å²) in [6.07, 6.45) is 5.24. The molecule has 2 aromatic carbocycles. The highest BCUT2D eigenvalue weighted by Gasteiger charge is 2.25. The Hall–Kier alpha value is -3.21. The zero-order chi connectivity index (χ0) is 27.0. The highest BCUT2D eigenvalue weighted by atomic mass is 35.5. The fraction of sp³-hybridized carbons (Fsp3) is 0.269. The minimum absolute atomic E-state index is 0.00802. The summed E-state index contributed by atoms with van der Waals surface area (Å²) in [6.45, 7) is -0.0916. The summed E-state index contributed by atoms with van der Waals surface area (Å²) in [7, 11) is -2.17. The second kappa shape index (κ2) is 10.5. The molecule has 1 aliphatic carbocycles. The van der Waals surface area contributed by atoms with Gasteiger partial charge in [-0.1, -0.05) is 29.3 Å². The molecule has 38 heavy (non-hydrogen) atoms. The quantitative estimate of drug-likeness (QED) is 0.343. The van der Waals surface area contributed by atoms with Crippen LogP contribution in [0.2, 0.25) is 10.0 Å². The molecular weight excluding hydrogens is 552 g/mol. The summed E-state index contributed by atoms with van der Waals surface area (Å²) >= 11 is 12.3. The lowest BCUT2D eigenvalue weighted by Crippen LogP contribution is -2.31. The number of allylic oxidation sites excluding steroid dienone is 1. The largest absolute Gasteiger partial charge is 0.349 e. The number of sulfone groups is 1. The van der Waals surface area contributed by atoms with Crippen LogP contribution < -0.4 is 5.32 Å². The molecule has 0 atom stereocenters. The topological polar surface area (TPSA) is 98.9 Å². The third kappa shape index (κ3) is 5.34. The zero-order valence-electron chi connectivity index (χ0n) is 20.4. The Morgan fingerprint density at radius 3 is 2.71 bits per heavy atom. The lowest BCUT2D eigenvalue weighted by atomic mass is 9.92. The second-order valence-electron chi connectivity index (χ2n) is 9.17. The van der Waals surface area contributed by atoms with Crippen LogP contribution in [0.3, 0.4) is 0 Å². The van der Waals surface area contributed by atoms with E-state index in [0.717, 1.165) is 29.5 Å². The van der Waals surface area contributed by atoms with Gasteiger partial charge in [0.25, 0.3) is 0 Å². The second-order valence-corrected chi connectivity index (χ2v) is 12.0. The Balaban J connectivity index is 1.31. The molecule has 8 nitrogen and oxygen atoms in total. The molecule has 0 aliphatic heterocycles. The molecule has 198 valence electrons. The number of halogens is 3. The number of nitrogens with one attached hydrogen (secondary N) is 1. The average Bonchev–Trinajstić information content (AvgIpc) is 3.47. The molecule has 0 spiro atoms. The summed E-state index contributed by atoms with van der Waals surface area (Å²) in [4.78, 5) is 12.5. The summed E-state index contributed by atoms with van der Waals surface area (Å²) < 4.78 is 44.4. The van der Waals surface area contributed by atoms with Crippen molar-refractivity contribution in [3.63, 3.8) is 0 Å². The number of nitrogens with zero attached hydrogens (tertiary/aromatic N) is 4. The maximum Gasteiger partial charge on any atom is 0.235 e. The van der Waals surface area contributed by atoms with Crippen LogP contribution in [0.4, 0.5) is 4.39 Å². The number of amides is 1. The van der Waals surface area contributed by atoms with Gasteiger partial charge in [0.05, 0.1) is 41.6 Å². The molecule has 0 fully saturated rings. The predicted molar refractivity (Wildman–Crippen MR) is 145 cm³/mol. The average molecular weight is 576 g/mol. The molecule has 0 radical (unpaired) electrons. The first-order chi connectivity index (χ1) is 18.1. The minimum atomic E-state index is -3.93. The summed E-state index contributed by atoms with van der Waals surface area (Å²) in [5, 5.41) is 12.6. The highest BCUT2D eigenvalue weighted by Crippen LogP contribution is 2.34. The third-order valence-electron chi connectivity index (χ3n) is 6.58. The van der Waals surface area contributed by atoms with E-state index in [-0.39, 0.29) is 4.90 Å². The third-order valence-corrected chi connectivity index (χ3v) is 8.78. The SMILES string of the molecule is Cn1ncc2cc(S(=O)(=O)CC(=O)NC/C(F)=C3\CCCc4cnn(Cc5ccc(Cl)cc5Cl)c43)ccc21. The van der Waals surface area contributed by atoms with Gasteiger partial charge in [-0.15, -0.1) is 0 Å². The summed E-state index contributed by atoms with van der Waals surface area (Å²) in [5.74, 6) is -2.11. The van der Waals surface area contributed by atoms with Crippen LogP contribution in [0.25, 0.3) is 16.5 Å². The molecule has 0 unspecified atom stereocenters. The van der Waals surface area contributed by atoms with Crippen molar-refractivity contribution in [1.82, 2.24) is 24.9 Å². The van der Waals surface area contributed by atoms with Gasteiger partial charge >= 0.3 is 0 Å². The molecule has 12 heteroatoms. The van der Waals surface area contributed by atoms with Gasteiger partial charge in [0.1, 0.15) is 11.6 Å². The van der Waals surface area contributed by atoms with E-state index < -0.39 is 33.9 Å². The van der Waals surface area contributed by atoms with Gasteiger partial charge in [0.2, 0.25) is 5.91 Å². The van der Waals surface area contributed by atoms with E-state index in [4.69, 9.17) is 23.2 Å². The number of hydrogen-bond acceptors (Lipinski definition) is 5. The Kier molecular flexibility index (Phi) is 7.30. The van der Waals surface area contributed by atoms with Crippen molar-refractivity contribution in [2.45, 2.75) is 30.7 Å². The van der Waals surface area contributed by atoms with Gasteiger partial charge < -0.3 is 5.32 Å². The Labute approximate surface area is 229 Å². The van der Waals surface area contributed by atoms with Crippen molar-refractivity contribution in [3.8, 4) is 0 Å². The van der Waals surface area contributed by atoms with Crippen LogP contribution >= 0.6 is 23.2 Å². The predicted octanol–water partition coefficient (Wildman–Crippen LogP) is 4.73. The molecule has 0 saturated carbocycles. The van der Waals surface area contributed by atoms with Gasteiger partial charge in [-0.3, -0.25) is 14.2 Å². The number of carbonyl (C=O) groups is 1. The van der Waals surface area contributed by atoms with Crippen molar-refractivity contribution < 1.29 is 17.6 Å². The Morgan fingerprint density at radius 1 is 1.11 bits per heavy atom. The zero-order valence-corrected chi connectivity index (χ0v) is 22.7. The lowest BCUT2D eigenvalue weighted by molar-refractivity contribution is -0.118. The van der Waals surface area contributed by atoms with Gasteiger partial charge in [0.15, 0.2) is 9.84 Å². The van der Waals surface area contributed by atoms with Gasteiger partial charge in [-0.2, -0.15) is 10.2 Å². The first-order valence-electron chi connectivity index (χ1n) is 11.9. The normalized spacial score (nSPS) is 14.9. The van der Waals surface area contributed by atoms with Gasteiger partial charge in [-0.25, -0.2) is 12.8 Å². The smallest absolute Gasteiger partial charge is 0.235 e. The monoisotopic (exact) mass is 575 g/mol. The van der Waals surface area contributed by atoms with Crippen LogP contribution in [0.15, 0.2) is 59.5 Å². The van der Waals surface area contributed by atoms with E-state index in [1.165, 1.54) is 12.1 Å². The summed E-state index contributed by atoms with van der Waals surface area (Å²) in [6, 6.07) is 9.73. The number of hydrogen-bond donors (Lipinski definition) is 1. The molecule has 5 rings (SSSR count). The number of fused-ring (bicyclic) bond motifs is 2. The fourth-order valence-electron chi connectivity index (χ4n) is 4.65. The van der Waals surface area contributed by atoms with E-state index >= 15 is 4.39 Å². The fourth-order valence-corrected chi connectivity index (χ4v) is 6.31. The molecular formula is C26H24Cl2FN5O3S. The molecule has 1 aliphatic rings. The molecule has 2 aromatic heterocycles. The first-order valence-corrected chi connectivity index (χ1v) is 14.3. The standard InChI is InChI=1S/C26H24Cl2FN5O3S/c1-33-24-8-7-20(9-18(24)12-31-33)38(36,37)15-25(35)30-13-23(29)21-4-2-3-16-11-32-34(26(16)21)14-17-5-6-19(27)10-22(17)28/h5-12H,2-4,13-15H2,1H3,(H,30,35)/b23-21-. The van der Waals surface area contributed by atoms with Crippen LogP contribution in [0.1, 0.15) is 29.7 Å². The number of aryl methyl sites for hydroxylation is 2. The highest BCUT2D eigenvalue weighted by molar-refractivity contribution is 7.92. The van der Waals surface area contributed by atoms with Crippen molar-refractivity contribution >= 4 is 55.4 Å². The molecule has 2 heterocycles. The molecule has 0 saturated heterocycles. The maximum absolute atomic E-state index is 15.4. The number of benzene rings is 2. The maximum atomic E-state index is 15.4. The van der Waals surface area contributed by atoms with Crippen LogP contribution in [0.5, 0.6) is 0 Å². The number of aromatic nitrogens is 4. The lowest BCUT2D eigenvalue weighted by Gasteiger charge is -2.19. The van der Waals surface area contributed by atoms with Crippen molar-refractivity contribution in [2.24, 2.45) is 7.05 Å². The van der Waals surface area contributed by atoms with E-state index in [1.807, 2.05) is 0 Å². The van der Waals surface area contributed by atoms with Gasteiger partial charge in [0, 0.05) is 28.1 Å². The number of rotatable bonds is 7. The first kappa shape index (κ1) is 26.4. The Bertz CT molecular complexity index is 1690. The van der Waals surface area contributed by atoms with Crippen molar-refractivity contribution in [2.75, 3.05) is 12.3 Å². The van der Waals surface area contributed by atoms with E-state index in [2.05, 4.69) is 15.5 Å². The van der Waals surface area contributed by atoms with E-state index in [0.29, 0.717) is 39.7 Å². The molecule has 1 amide bonds. The molecule has 0 bridgehead atoms. The van der Waals surface area contributed by atoms with Gasteiger partial charge in [-0.05, 0) is 60.7 Å². The summed E-state index contributed by atoms with van der Waals surface area (Å²) in [5.41, 5.74) is 3.57. The molecule has 4 aromatic rings. The van der Waals surface area contributed by atoms with E-state index in [9.17, 15) is 13.2 Å². The van der Waals surface area contributed by atoms with Crippen LogP contribution in [0, 0.1) is 0 Å². The van der Waals surface area contributed by atoms with Crippen molar-refractivity contribution in [3.05, 3.63) is 81.5 Å². The van der Waals surface area contributed by atoms with Crippen LogP contribution in [-0.2, 0) is 34.6 Å². The number of carbonyl (C=O) groups excluding carboxylic acids is 1.